The van der Waals surface area contributed by atoms with Crippen molar-refractivity contribution in [1.82, 2.24) is 10.6 Å². The molecule has 0 heterocycles. The highest BCUT2D eigenvalue weighted by atomic mass is 19.1. The summed E-state index contributed by atoms with van der Waals surface area (Å²) in [5, 5.41) is 15.2. The van der Waals surface area contributed by atoms with Crippen molar-refractivity contribution >= 4 is 5.96 Å². The van der Waals surface area contributed by atoms with Gasteiger partial charge in [0, 0.05) is 31.1 Å². The molecule has 2 aromatic rings. The van der Waals surface area contributed by atoms with Crippen LogP contribution >= 0.6 is 0 Å². The molecule has 1 aliphatic carbocycles. The SMILES string of the molecule is CN=C(NCc1cc(C#N)ccc1F)NCC1(c2ccccc2F)CC1. The number of hydrogen-bond donors (Lipinski definition) is 2. The van der Waals surface area contributed by atoms with Gasteiger partial charge in [0.25, 0.3) is 0 Å². The van der Waals surface area contributed by atoms with Crippen LogP contribution in [0.15, 0.2) is 47.5 Å². The van der Waals surface area contributed by atoms with Crippen LogP contribution in [0.4, 0.5) is 8.78 Å². The molecule has 1 saturated carbocycles. The van der Waals surface area contributed by atoms with E-state index in [4.69, 9.17) is 5.26 Å². The van der Waals surface area contributed by atoms with Crippen molar-refractivity contribution in [2.45, 2.75) is 24.8 Å². The third-order valence-electron chi connectivity index (χ3n) is 4.74. The molecule has 0 saturated heterocycles. The second kappa shape index (κ2) is 7.52. The Labute approximate surface area is 151 Å². The van der Waals surface area contributed by atoms with Gasteiger partial charge in [0.2, 0.25) is 0 Å². The van der Waals surface area contributed by atoms with E-state index in [2.05, 4.69) is 15.6 Å². The predicted molar refractivity (Wildman–Crippen MR) is 96.6 cm³/mol. The molecule has 0 atom stereocenters. The molecule has 0 spiro atoms. The van der Waals surface area contributed by atoms with Crippen LogP contribution in [0.1, 0.15) is 29.5 Å². The van der Waals surface area contributed by atoms with Gasteiger partial charge in [-0.3, -0.25) is 4.99 Å². The molecule has 2 aromatic carbocycles. The lowest BCUT2D eigenvalue weighted by Crippen LogP contribution is -2.41. The fourth-order valence-electron chi connectivity index (χ4n) is 3.02. The van der Waals surface area contributed by atoms with Gasteiger partial charge >= 0.3 is 0 Å². The minimum Gasteiger partial charge on any atom is -0.356 e. The molecule has 3 rings (SSSR count). The number of nitrogens with zero attached hydrogens (tertiary/aromatic N) is 2. The number of nitriles is 1. The van der Waals surface area contributed by atoms with Gasteiger partial charge in [0.05, 0.1) is 11.6 Å². The number of rotatable bonds is 5. The van der Waals surface area contributed by atoms with E-state index in [1.165, 1.54) is 24.3 Å². The van der Waals surface area contributed by atoms with Crippen LogP contribution in [-0.4, -0.2) is 19.6 Å². The van der Waals surface area contributed by atoms with E-state index in [1.54, 1.807) is 13.1 Å². The first-order valence-corrected chi connectivity index (χ1v) is 8.46. The molecule has 0 aliphatic heterocycles. The van der Waals surface area contributed by atoms with Gasteiger partial charge in [-0.25, -0.2) is 8.78 Å². The molecule has 6 heteroatoms. The Morgan fingerprint density at radius 1 is 1.15 bits per heavy atom. The van der Waals surface area contributed by atoms with Gasteiger partial charge in [-0.2, -0.15) is 5.26 Å². The zero-order chi connectivity index (χ0) is 18.6. The largest absolute Gasteiger partial charge is 0.356 e. The highest BCUT2D eigenvalue weighted by molar-refractivity contribution is 5.79. The first-order chi connectivity index (χ1) is 12.6. The van der Waals surface area contributed by atoms with E-state index < -0.39 is 0 Å². The van der Waals surface area contributed by atoms with Crippen molar-refractivity contribution in [2.75, 3.05) is 13.6 Å². The lowest BCUT2D eigenvalue weighted by atomic mass is 9.95. The number of halogens is 2. The maximum absolute atomic E-state index is 14.1. The summed E-state index contributed by atoms with van der Waals surface area (Å²) < 4.78 is 27.9. The van der Waals surface area contributed by atoms with Gasteiger partial charge in [0.1, 0.15) is 11.6 Å². The quantitative estimate of drug-likeness (QED) is 0.640. The minimum absolute atomic E-state index is 0.190. The first kappa shape index (κ1) is 17.9. The van der Waals surface area contributed by atoms with Crippen LogP contribution in [0.5, 0.6) is 0 Å². The number of aliphatic imine (C=N–C) groups is 1. The van der Waals surface area contributed by atoms with Crippen LogP contribution in [0.3, 0.4) is 0 Å². The molecule has 4 nitrogen and oxygen atoms in total. The Bertz CT molecular complexity index is 866. The van der Waals surface area contributed by atoms with Crippen molar-refractivity contribution in [3.05, 3.63) is 70.8 Å². The third-order valence-corrected chi connectivity index (χ3v) is 4.74. The van der Waals surface area contributed by atoms with Crippen LogP contribution in [0.25, 0.3) is 0 Å². The van der Waals surface area contributed by atoms with Crippen molar-refractivity contribution < 1.29 is 8.78 Å². The number of guanidine groups is 1. The Balaban J connectivity index is 1.61. The fraction of sp³-hybridized carbons (Fsp3) is 0.300. The summed E-state index contributed by atoms with van der Waals surface area (Å²) in [5.74, 6) is -0.0588. The summed E-state index contributed by atoms with van der Waals surface area (Å²) >= 11 is 0. The summed E-state index contributed by atoms with van der Waals surface area (Å²) in [7, 11) is 1.63. The summed E-state index contributed by atoms with van der Waals surface area (Å²) in [6.07, 6.45) is 1.83. The molecule has 26 heavy (non-hydrogen) atoms. The maximum Gasteiger partial charge on any atom is 0.191 e. The monoisotopic (exact) mass is 354 g/mol. The molecular formula is C20H20F2N4. The standard InChI is InChI=1S/C20H20F2N4/c1-24-19(25-12-15-10-14(11-23)6-7-17(15)21)26-13-20(8-9-20)16-4-2-3-5-18(16)22/h2-7,10H,8-9,12-13H2,1H3,(H2,24,25,26). The second-order valence-corrected chi connectivity index (χ2v) is 6.46. The molecule has 0 amide bonds. The molecule has 0 radical (unpaired) electrons. The fourth-order valence-corrected chi connectivity index (χ4v) is 3.02. The molecule has 0 bridgehead atoms. The van der Waals surface area contributed by atoms with E-state index in [-0.39, 0.29) is 23.6 Å². The zero-order valence-corrected chi connectivity index (χ0v) is 14.5. The summed E-state index contributed by atoms with van der Waals surface area (Å²) in [5.41, 5.74) is 1.30. The normalized spacial score (nSPS) is 15.2. The Kier molecular flexibility index (Phi) is 5.17. The number of benzene rings is 2. The highest BCUT2D eigenvalue weighted by Gasteiger charge is 2.45. The van der Waals surface area contributed by atoms with Crippen molar-refractivity contribution in [2.24, 2.45) is 4.99 Å². The average molecular weight is 354 g/mol. The molecule has 1 fully saturated rings. The van der Waals surface area contributed by atoms with Crippen LogP contribution in [-0.2, 0) is 12.0 Å². The van der Waals surface area contributed by atoms with Crippen molar-refractivity contribution in [3.8, 4) is 6.07 Å². The highest BCUT2D eigenvalue weighted by Crippen LogP contribution is 2.48. The minimum atomic E-state index is -0.378. The van der Waals surface area contributed by atoms with E-state index in [0.717, 1.165) is 18.4 Å². The Morgan fingerprint density at radius 2 is 1.92 bits per heavy atom. The number of hydrogen-bond acceptors (Lipinski definition) is 2. The first-order valence-electron chi connectivity index (χ1n) is 8.46. The lowest BCUT2D eigenvalue weighted by Gasteiger charge is -2.19. The van der Waals surface area contributed by atoms with Gasteiger partial charge < -0.3 is 10.6 Å². The van der Waals surface area contributed by atoms with Gasteiger partial charge in [-0.15, -0.1) is 0 Å². The van der Waals surface area contributed by atoms with Crippen molar-refractivity contribution in [1.29, 1.82) is 5.26 Å². The van der Waals surface area contributed by atoms with Crippen LogP contribution in [0, 0.1) is 23.0 Å². The van der Waals surface area contributed by atoms with E-state index in [9.17, 15) is 8.78 Å². The molecule has 0 unspecified atom stereocenters. The van der Waals surface area contributed by atoms with Gasteiger partial charge in [-0.05, 0) is 42.7 Å². The summed E-state index contributed by atoms with van der Waals surface area (Å²) in [6, 6.07) is 13.1. The summed E-state index contributed by atoms with van der Waals surface area (Å²) in [4.78, 5) is 4.14. The molecular weight excluding hydrogens is 334 g/mol. The molecule has 1 aliphatic rings. The average Bonchev–Trinajstić information content (AvgIpc) is 3.44. The van der Waals surface area contributed by atoms with E-state index in [1.807, 2.05) is 18.2 Å². The molecule has 2 N–H and O–H groups in total. The summed E-state index contributed by atoms with van der Waals surface area (Å²) in [6.45, 7) is 0.752. The van der Waals surface area contributed by atoms with E-state index >= 15 is 0 Å². The predicted octanol–water partition coefficient (Wildman–Crippen LogP) is 3.23. The van der Waals surface area contributed by atoms with Crippen molar-refractivity contribution in [3.63, 3.8) is 0 Å². The Hall–Kier alpha value is -2.94. The zero-order valence-electron chi connectivity index (χ0n) is 14.5. The van der Waals surface area contributed by atoms with Gasteiger partial charge in [0.15, 0.2) is 5.96 Å². The van der Waals surface area contributed by atoms with Gasteiger partial charge in [-0.1, -0.05) is 18.2 Å². The smallest absolute Gasteiger partial charge is 0.191 e. The lowest BCUT2D eigenvalue weighted by molar-refractivity contribution is 0.559. The molecule has 0 aromatic heterocycles. The maximum atomic E-state index is 14.1. The van der Waals surface area contributed by atoms with Crippen LogP contribution in [0.2, 0.25) is 0 Å². The molecule has 134 valence electrons. The topological polar surface area (TPSA) is 60.2 Å². The number of nitrogens with one attached hydrogen (secondary N) is 2. The van der Waals surface area contributed by atoms with E-state index in [0.29, 0.717) is 23.6 Å². The van der Waals surface area contributed by atoms with Crippen LogP contribution < -0.4 is 10.6 Å². The third kappa shape index (κ3) is 3.83. The second-order valence-electron chi connectivity index (χ2n) is 6.46. The Morgan fingerprint density at radius 3 is 2.58 bits per heavy atom.